The molecule has 0 saturated carbocycles. The Balaban J connectivity index is 1.09. The highest BCUT2D eigenvalue weighted by atomic mass is 32.1. The Morgan fingerprint density at radius 1 is 0.579 bits per heavy atom. The smallest absolute Gasteiger partial charge is 0.155 e. The Kier molecular flexibility index (Phi) is 10.4. The van der Waals surface area contributed by atoms with E-state index in [1.807, 2.05) is 11.3 Å². The lowest BCUT2D eigenvalue weighted by molar-refractivity contribution is 0.747. The molecule has 0 N–H and O–H groups in total. The zero-order valence-corrected chi connectivity index (χ0v) is 33.2. The maximum Gasteiger partial charge on any atom is 0.155 e. The molecule has 0 fully saturated rings. The molecule has 0 radical (unpaired) electrons. The Morgan fingerprint density at radius 2 is 1.16 bits per heavy atom. The molecule has 0 aliphatic heterocycles. The summed E-state index contributed by atoms with van der Waals surface area (Å²) in [4.78, 5) is 10.9. The molecule has 1 aromatic heterocycles. The molecule has 9 rings (SSSR count). The lowest BCUT2D eigenvalue weighted by Gasteiger charge is -2.20. The van der Waals surface area contributed by atoms with E-state index in [1.165, 1.54) is 59.1 Å². The highest BCUT2D eigenvalue weighted by Crippen LogP contribution is 2.41. The highest BCUT2D eigenvalue weighted by molar-refractivity contribution is 7.26. The minimum atomic E-state index is -0.0391. The summed E-state index contributed by atoms with van der Waals surface area (Å²) in [5.74, 6) is 0.752. The van der Waals surface area contributed by atoms with Crippen LogP contribution >= 0.6 is 11.3 Å². The van der Waals surface area contributed by atoms with Gasteiger partial charge in [0, 0.05) is 31.4 Å². The number of thiophene rings is 1. The van der Waals surface area contributed by atoms with Crippen molar-refractivity contribution in [2.24, 2.45) is 9.98 Å². The molecule has 0 bridgehead atoms. The number of fused-ring (bicyclic) bond motifs is 3. The van der Waals surface area contributed by atoms with E-state index in [0.29, 0.717) is 0 Å². The molecular weight excluding hydrogens is 709 g/mol. The number of nitrogens with zero attached hydrogens (tertiary/aromatic N) is 2. The third kappa shape index (κ3) is 7.72. The third-order valence-corrected chi connectivity index (χ3v) is 12.3. The van der Waals surface area contributed by atoms with Crippen LogP contribution in [0, 0.1) is 0 Å². The number of amidine groups is 1. The number of hydrogen-bond donors (Lipinski definition) is 0. The molecule has 1 unspecified atom stereocenters. The second-order valence-electron chi connectivity index (χ2n) is 14.7. The standard InChI is InChI=1S/C54H44N2S/c1-3-51(46-21-13-20-45(36-46)48-24-14-25-50-49-23-10-11-26-52(49)57-53(48)50)56-54(55-37(2)38-27-29-41(30-28-38)39-15-6-4-7-16-39)47-22-12-19-44(35-47)43-33-31-42(32-34-43)40-17-8-5-9-18-40/h4-12,14-19,21-36,51H,3,13,20H2,1-2H3. The van der Waals surface area contributed by atoms with Gasteiger partial charge in [-0.15, -0.1) is 11.3 Å². The van der Waals surface area contributed by atoms with Crippen LogP contribution in [-0.2, 0) is 0 Å². The summed E-state index contributed by atoms with van der Waals surface area (Å²) in [6, 6.07) is 62.9. The Hall–Kier alpha value is -6.42. The van der Waals surface area contributed by atoms with E-state index in [0.717, 1.165) is 53.1 Å². The van der Waals surface area contributed by atoms with Gasteiger partial charge in [0.1, 0.15) is 0 Å². The molecule has 7 aromatic carbocycles. The minimum absolute atomic E-state index is 0.0391. The van der Waals surface area contributed by atoms with Gasteiger partial charge in [0.05, 0.1) is 6.04 Å². The summed E-state index contributed by atoms with van der Waals surface area (Å²) in [6.07, 6.45) is 7.70. The van der Waals surface area contributed by atoms with Crippen molar-refractivity contribution >= 4 is 48.6 Å². The largest absolute Gasteiger partial charge is 0.258 e. The lowest BCUT2D eigenvalue weighted by Crippen LogP contribution is -2.13. The molecule has 8 aromatic rings. The number of allylic oxidation sites excluding steroid dienone is 2. The first kappa shape index (κ1) is 36.2. The van der Waals surface area contributed by atoms with Gasteiger partial charge in [-0.25, -0.2) is 4.99 Å². The molecule has 57 heavy (non-hydrogen) atoms. The summed E-state index contributed by atoms with van der Waals surface area (Å²) < 4.78 is 2.71. The van der Waals surface area contributed by atoms with Gasteiger partial charge in [0.25, 0.3) is 0 Å². The fraction of sp³-hybridized carbons (Fsp3) is 0.111. The van der Waals surface area contributed by atoms with E-state index in [4.69, 9.17) is 9.98 Å². The molecule has 0 spiro atoms. The second kappa shape index (κ2) is 16.4. The first-order chi connectivity index (χ1) is 28.1. The van der Waals surface area contributed by atoms with Gasteiger partial charge in [0.2, 0.25) is 0 Å². The zero-order chi connectivity index (χ0) is 38.6. The second-order valence-corrected chi connectivity index (χ2v) is 15.8. The fourth-order valence-electron chi connectivity index (χ4n) is 7.97. The molecular formula is C54H44N2S. The van der Waals surface area contributed by atoms with Crippen LogP contribution in [0.4, 0.5) is 0 Å². The van der Waals surface area contributed by atoms with Crippen LogP contribution in [0.3, 0.4) is 0 Å². The van der Waals surface area contributed by atoms with Crippen molar-refractivity contribution in [1.82, 2.24) is 0 Å². The summed E-state index contributed by atoms with van der Waals surface area (Å²) in [5, 5.41) is 2.68. The van der Waals surface area contributed by atoms with Crippen LogP contribution in [0.25, 0.3) is 59.1 Å². The molecule has 0 saturated heterocycles. The van der Waals surface area contributed by atoms with E-state index in [-0.39, 0.29) is 6.04 Å². The monoisotopic (exact) mass is 752 g/mol. The van der Waals surface area contributed by atoms with E-state index in [1.54, 1.807) is 0 Å². The molecule has 1 heterocycles. The molecule has 1 aliphatic carbocycles. The number of benzene rings is 7. The normalized spacial score (nSPS) is 14.1. The maximum atomic E-state index is 5.55. The quantitative estimate of drug-likeness (QED) is 0.104. The van der Waals surface area contributed by atoms with Crippen LogP contribution in [0.5, 0.6) is 0 Å². The minimum Gasteiger partial charge on any atom is -0.258 e. The molecule has 1 atom stereocenters. The SMILES string of the molecule is CCC(N=C(N=C(C)c1ccc(-c2ccccc2)cc1)c1cccc(-c2ccc(-c3ccccc3)cc2)c1)C1=CCCC(c2cccc3c2sc2ccccc23)=C1. The Morgan fingerprint density at radius 3 is 1.86 bits per heavy atom. The highest BCUT2D eigenvalue weighted by Gasteiger charge is 2.19. The Labute approximate surface area is 340 Å². The van der Waals surface area contributed by atoms with Crippen molar-refractivity contribution < 1.29 is 0 Å². The average molecular weight is 753 g/mol. The van der Waals surface area contributed by atoms with Crippen molar-refractivity contribution in [3.63, 3.8) is 0 Å². The van der Waals surface area contributed by atoms with Gasteiger partial charge in [0.15, 0.2) is 5.84 Å². The Bertz CT molecular complexity index is 2800. The van der Waals surface area contributed by atoms with Crippen molar-refractivity contribution in [3.05, 3.63) is 210 Å². The van der Waals surface area contributed by atoms with E-state index >= 15 is 0 Å². The molecule has 3 heteroatoms. The van der Waals surface area contributed by atoms with Gasteiger partial charge in [-0.2, -0.15) is 0 Å². The number of rotatable bonds is 9. The fourth-order valence-corrected chi connectivity index (χ4v) is 9.22. The zero-order valence-electron chi connectivity index (χ0n) is 32.4. The maximum absolute atomic E-state index is 5.55. The topological polar surface area (TPSA) is 24.7 Å². The number of aliphatic imine (C=N–C) groups is 2. The molecule has 276 valence electrons. The van der Waals surface area contributed by atoms with Crippen LogP contribution < -0.4 is 0 Å². The van der Waals surface area contributed by atoms with Crippen molar-refractivity contribution in [1.29, 1.82) is 0 Å². The first-order valence-corrected chi connectivity index (χ1v) is 20.8. The van der Waals surface area contributed by atoms with Crippen LogP contribution in [0.2, 0.25) is 0 Å². The van der Waals surface area contributed by atoms with E-state index in [9.17, 15) is 0 Å². The number of hydrogen-bond acceptors (Lipinski definition) is 2. The van der Waals surface area contributed by atoms with Gasteiger partial charge in [-0.1, -0.05) is 183 Å². The van der Waals surface area contributed by atoms with Gasteiger partial charge >= 0.3 is 0 Å². The van der Waals surface area contributed by atoms with Gasteiger partial charge < -0.3 is 0 Å². The van der Waals surface area contributed by atoms with Crippen LogP contribution in [-0.4, -0.2) is 17.6 Å². The van der Waals surface area contributed by atoms with Crippen molar-refractivity contribution in [2.45, 2.75) is 39.2 Å². The molecule has 1 aliphatic rings. The van der Waals surface area contributed by atoms with Gasteiger partial charge in [-0.05, 0) is 94.0 Å². The summed E-state index contributed by atoms with van der Waals surface area (Å²) >= 11 is 1.90. The van der Waals surface area contributed by atoms with Crippen LogP contribution in [0.15, 0.2) is 204 Å². The van der Waals surface area contributed by atoms with Crippen molar-refractivity contribution in [3.8, 4) is 33.4 Å². The summed E-state index contributed by atoms with van der Waals surface area (Å²) in [6.45, 7) is 4.34. The predicted molar refractivity (Wildman–Crippen MR) is 247 cm³/mol. The average Bonchev–Trinajstić information content (AvgIpc) is 3.67. The van der Waals surface area contributed by atoms with E-state index in [2.05, 4.69) is 202 Å². The van der Waals surface area contributed by atoms with Gasteiger partial charge in [-0.3, -0.25) is 4.99 Å². The third-order valence-electron chi connectivity index (χ3n) is 11.1. The summed E-state index contributed by atoms with van der Waals surface area (Å²) in [7, 11) is 0. The first-order valence-electron chi connectivity index (χ1n) is 20.0. The lowest BCUT2D eigenvalue weighted by atomic mass is 9.89. The van der Waals surface area contributed by atoms with Crippen LogP contribution in [0.1, 0.15) is 49.8 Å². The molecule has 2 nitrogen and oxygen atoms in total. The molecule has 0 amide bonds. The summed E-state index contributed by atoms with van der Waals surface area (Å²) in [5.41, 5.74) is 14.2. The predicted octanol–water partition coefficient (Wildman–Crippen LogP) is 14.9. The van der Waals surface area contributed by atoms with E-state index < -0.39 is 0 Å². The van der Waals surface area contributed by atoms with Crippen molar-refractivity contribution in [2.75, 3.05) is 0 Å².